The fraction of sp³-hybridized carbons (Fsp3) is 0.417. The first kappa shape index (κ1) is 24.0. The number of hydrogen-bond donors (Lipinski definition) is 2. The number of likely N-dealkylation sites (tertiary alicyclic amines) is 1. The number of likely N-dealkylation sites (N-methyl/N-ethyl adjacent to an activating group) is 1. The molecule has 1 aromatic carbocycles. The Kier molecular flexibility index (Phi) is 6.55. The van der Waals surface area contributed by atoms with E-state index in [1.165, 1.54) is 10.8 Å². The van der Waals surface area contributed by atoms with E-state index in [1.54, 1.807) is 37.6 Å². The lowest BCUT2D eigenvalue weighted by Gasteiger charge is -2.34. The lowest BCUT2D eigenvalue weighted by molar-refractivity contribution is -0.132. The van der Waals surface area contributed by atoms with Crippen molar-refractivity contribution in [3.05, 3.63) is 47.0 Å². The van der Waals surface area contributed by atoms with Gasteiger partial charge in [0.1, 0.15) is 5.52 Å². The largest absolute Gasteiger partial charge is 0.382 e. The van der Waals surface area contributed by atoms with Gasteiger partial charge in [0.2, 0.25) is 5.91 Å². The standard InChI is InChI=1S/C24H31N5O4S/c1-27(2)15-22(30)29-11-8-16(9-12-29)26-21-6-5-17(34(4,32)33)13-19(21)20-14-28(3)24(31)23-18(20)7-10-25-23/h5-7,10,13-14,16,25-26H,8-9,11-12,15H2,1-4H3. The van der Waals surface area contributed by atoms with Crippen LogP contribution in [0.15, 0.2) is 46.3 Å². The maximum atomic E-state index is 12.5. The summed E-state index contributed by atoms with van der Waals surface area (Å²) >= 11 is 0. The molecule has 2 aromatic heterocycles. The van der Waals surface area contributed by atoms with E-state index in [-0.39, 0.29) is 22.4 Å². The highest BCUT2D eigenvalue weighted by atomic mass is 32.2. The van der Waals surface area contributed by atoms with E-state index in [0.29, 0.717) is 30.7 Å². The van der Waals surface area contributed by atoms with Crippen molar-refractivity contribution < 1.29 is 13.2 Å². The van der Waals surface area contributed by atoms with E-state index in [9.17, 15) is 18.0 Å². The Bertz CT molecular complexity index is 1380. The molecule has 1 fully saturated rings. The van der Waals surface area contributed by atoms with E-state index >= 15 is 0 Å². The Morgan fingerprint density at radius 3 is 2.53 bits per heavy atom. The Morgan fingerprint density at radius 2 is 1.88 bits per heavy atom. The predicted molar refractivity (Wildman–Crippen MR) is 134 cm³/mol. The van der Waals surface area contributed by atoms with Gasteiger partial charge >= 0.3 is 0 Å². The number of hydrogen-bond acceptors (Lipinski definition) is 6. The summed E-state index contributed by atoms with van der Waals surface area (Å²) in [7, 11) is 2.03. The minimum Gasteiger partial charge on any atom is -0.382 e. The molecule has 0 aliphatic carbocycles. The predicted octanol–water partition coefficient (Wildman–Crippen LogP) is 1.90. The van der Waals surface area contributed by atoms with Gasteiger partial charge in [-0.15, -0.1) is 0 Å². The van der Waals surface area contributed by atoms with Gasteiger partial charge in [-0.05, 0) is 51.2 Å². The van der Waals surface area contributed by atoms with Crippen LogP contribution in [0.5, 0.6) is 0 Å². The summed E-state index contributed by atoms with van der Waals surface area (Å²) in [5.74, 6) is 0.127. The number of pyridine rings is 1. The number of amides is 1. The number of carbonyl (C=O) groups excluding carboxylic acids is 1. The number of sulfone groups is 1. The van der Waals surface area contributed by atoms with E-state index in [0.717, 1.165) is 29.5 Å². The third-order valence-electron chi connectivity index (χ3n) is 6.26. The zero-order valence-electron chi connectivity index (χ0n) is 20.0. The van der Waals surface area contributed by atoms with Crippen LogP contribution in [0.2, 0.25) is 0 Å². The summed E-state index contributed by atoms with van der Waals surface area (Å²) in [5, 5.41) is 4.31. The average Bonchev–Trinajstić information content (AvgIpc) is 3.26. The molecule has 10 heteroatoms. The lowest BCUT2D eigenvalue weighted by atomic mass is 9.99. The summed E-state index contributed by atoms with van der Waals surface area (Å²) in [6.45, 7) is 1.74. The smallest absolute Gasteiger partial charge is 0.274 e. The number of piperidine rings is 1. The first-order valence-electron chi connectivity index (χ1n) is 11.2. The molecule has 1 aliphatic rings. The van der Waals surface area contributed by atoms with Crippen LogP contribution in [-0.2, 0) is 21.7 Å². The second kappa shape index (κ2) is 9.27. The Balaban J connectivity index is 1.68. The van der Waals surface area contributed by atoms with Crippen molar-refractivity contribution in [2.24, 2.45) is 7.05 Å². The third-order valence-corrected chi connectivity index (χ3v) is 7.37. The number of carbonyl (C=O) groups is 1. The van der Waals surface area contributed by atoms with Gasteiger partial charge in [0.25, 0.3) is 5.56 Å². The quantitative estimate of drug-likeness (QED) is 0.552. The number of benzene rings is 1. The molecule has 1 amide bonds. The molecular formula is C24H31N5O4S. The highest BCUT2D eigenvalue weighted by Gasteiger charge is 2.24. The second-order valence-corrected chi connectivity index (χ2v) is 11.3. The van der Waals surface area contributed by atoms with Gasteiger partial charge in [-0.25, -0.2) is 8.42 Å². The van der Waals surface area contributed by atoms with Crippen LogP contribution < -0.4 is 10.9 Å². The molecule has 0 spiro atoms. The van der Waals surface area contributed by atoms with E-state index < -0.39 is 9.84 Å². The number of aromatic nitrogens is 2. The van der Waals surface area contributed by atoms with E-state index in [1.807, 2.05) is 30.0 Å². The molecule has 0 saturated carbocycles. The van der Waals surface area contributed by atoms with Gasteiger partial charge in [-0.3, -0.25) is 9.59 Å². The maximum absolute atomic E-state index is 12.5. The molecule has 3 aromatic rings. The number of H-pyrrole nitrogens is 1. The minimum atomic E-state index is -3.42. The molecule has 34 heavy (non-hydrogen) atoms. The molecule has 2 N–H and O–H groups in total. The number of nitrogens with zero attached hydrogens (tertiary/aromatic N) is 3. The van der Waals surface area contributed by atoms with Gasteiger partial charge in [0.05, 0.1) is 11.4 Å². The average molecular weight is 486 g/mol. The van der Waals surface area contributed by atoms with Crippen molar-refractivity contribution in [2.45, 2.75) is 23.8 Å². The molecule has 1 saturated heterocycles. The number of aryl methyl sites for hydroxylation is 1. The van der Waals surface area contributed by atoms with Crippen molar-refractivity contribution >= 4 is 32.3 Å². The van der Waals surface area contributed by atoms with Crippen LogP contribution in [0.1, 0.15) is 12.8 Å². The molecule has 1 aliphatic heterocycles. The van der Waals surface area contributed by atoms with Crippen LogP contribution in [0.25, 0.3) is 22.0 Å². The zero-order valence-corrected chi connectivity index (χ0v) is 20.8. The number of fused-ring (bicyclic) bond motifs is 1. The maximum Gasteiger partial charge on any atom is 0.274 e. The summed E-state index contributed by atoms with van der Waals surface area (Å²) in [6, 6.07) is 7.03. The van der Waals surface area contributed by atoms with Gasteiger partial charge < -0.3 is 24.7 Å². The van der Waals surface area contributed by atoms with Gasteiger partial charge in [0.15, 0.2) is 9.84 Å². The summed E-state index contributed by atoms with van der Waals surface area (Å²) in [5.41, 5.74) is 2.61. The number of nitrogens with one attached hydrogen (secondary N) is 2. The molecule has 9 nitrogen and oxygen atoms in total. The SMILES string of the molecule is CN(C)CC(=O)N1CCC(Nc2ccc(S(C)(=O)=O)cc2-c2cn(C)c(=O)c3[nH]ccc23)CC1. The highest BCUT2D eigenvalue weighted by Crippen LogP contribution is 2.35. The monoisotopic (exact) mass is 485 g/mol. The molecule has 182 valence electrons. The number of anilines is 1. The molecule has 3 heterocycles. The Morgan fingerprint density at radius 1 is 1.18 bits per heavy atom. The van der Waals surface area contributed by atoms with Crippen LogP contribution >= 0.6 is 0 Å². The van der Waals surface area contributed by atoms with Gasteiger partial charge in [0, 0.05) is 67.0 Å². The summed E-state index contributed by atoms with van der Waals surface area (Å²) < 4.78 is 26.1. The van der Waals surface area contributed by atoms with E-state index in [4.69, 9.17) is 0 Å². The van der Waals surface area contributed by atoms with Gasteiger partial charge in [-0.2, -0.15) is 0 Å². The van der Waals surface area contributed by atoms with Crippen LogP contribution in [-0.4, -0.2) is 79.7 Å². The Labute approximate surface area is 199 Å². The lowest BCUT2D eigenvalue weighted by Crippen LogP contribution is -2.45. The zero-order chi connectivity index (χ0) is 24.6. The molecule has 0 unspecified atom stereocenters. The summed E-state index contributed by atoms with van der Waals surface area (Å²) in [4.78, 5) is 31.9. The molecule has 0 radical (unpaired) electrons. The minimum absolute atomic E-state index is 0.127. The van der Waals surface area contributed by atoms with Crippen LogP contribution in [0, 0.1) is 0 Å². The fourth-order valence-electron chi connectivity index (χ4n) is 4.45. The van der Waals surface area contributed by atoms with Crippen molar-refractivity contribution in [1.82, 2.24) is 19.4 Å². The first-order chi connectivity index (χ1) is 16.0. The fourth-order valence-corrected chi connectivity index (χ4v) is 5.10. The number of rotatable bonds is 6. The van der Waals surface area contributed by atoms with Crippen molar-refractivity contribution in [2.75, 3.05) is 45.3 Å². The molecule has 0 atom stereocenters. The third kappa shape index (κ3) is 4.88. The van der Waals surface area contributed by atoms with Crippen molar-refractivity contribution in [1.29, 1.82) is 0 Å². The first-order valence-corrected chi connectivity index (χ1v) is 13.1. The molecular weight excluding hydrogens is 454 g/mol. The second-order valence-electron chi connectivity index (χ2n) is 9.24. The van der Waals surface area contributed by atoms with Crippen molar-refractivity contribution in [3.8, 4) is 11.1 Å². The van der Waals surface area contributed by atoms with Crippen LogP contribution in [0.3, 0.4) is 0 Å². The topological polar surface area (TPSA) is 108 Å². The van der Waals surface area contributed by atoms with Gasteiger partial charge in [-0.1, -0.05) is 0 Å². The Hall–Kier alpha value is -3.11. The van der Waals surface area contributed by atoms with E-state index in [2.05, 4.69) is 10.3 Å². The van der Waals surface area contributed by atoms with Crippen molar-refractivity contribution in [3.63, 3.8) is 0 Å². The number of aromatic amines is 1. The summed E-state index contributed by atoms with van der Waals surface area (Å²) in [6.07, 6.45) is 6.22. The van der Waals surface area contributed by atoms with Crippen LogP contribution in [0.4, 0.5) is 5.69 Å². The normalized spacial score (nSPS) is 15.3. The highest BCUT2D eigenvalue weighted by molar-refractivity contribution is 7.90. The molecule has 0 bridgehead atoms. The molecule has 4 rings (SSSR count).